The average molecular weight is 361 g/mol. The van der Waals surface area contributed by atoms with Crippen LogP contribution < -0.4 is 14.7 Å². The standard InChI is InChI=1S/C14H24N3O6P/c1-16(21-5)14(18)15-12-6-8-13(9-7-12)23-24(19,20)22-11-10-17(2,3)4/h6-9H,10-11H2,1-5H3,(H-,15,18,19,20). The molecule has 0 fully saturated rings. The Morgan fingerprint density at radius 1 is 1.29 bits per heavy atom. The van der Waals surface area contributed by atoms with Gasteiger partial charge in [0.25, 0.3) is 0 Å². The number of rotatable bonds is 8. The van der Waals surface area contributed by atoms with Crippen LogP contribution in [-0.2, 0) is 13.9 Å². The Bertz CT molecular complexity index is 587. The van der Waals surface area contributed by atoms with Crippen LogP contribution in [0.4, 0.5) is 10.5 Å². The summed E-state index contributed by atoms with van der Waals surface area (Å²) in [6.45, 7) is 0.551. The molecule has 0 aliphatic heterocycles. The van der Waals surface area contributed by atoms with Gasteiger partial charge in [0.1, 0.15) is 18.9 Å². The zero-order chi connectivity index (χ0) is 18.4. The summed E-state index contributed by atoms with van der Waals surface area (Å²) in [6, 6.07) is 5.36. The average Bonchev–Trinajstić information content (AvgIpc) is 2.46. The first-order valence-electron chi connectivity index (χ1n) is 7.17. The van der Waals surface area contributed by atoms with Gasteiger partial charge in [-0.05, 0) is 24.3 Å². The van der Waals surface area contributed by atoms with Crippen molar-refractivity contribution in [3.8, 4) is 5.75 Å². The summed E-state index contributed by atoms with van der Waals surface area (Å²) in [5.41, 5.74) is 0.461. The minimum atomic E-state index is -4.44. The summed E-state index contributed by atoms with van der Waals surface area (Å²) in [5, 5.41) is 3.57. The highest BCUT2D eigenvalue weighted by atomic mass is 31.2. The third kappa shape index (κ3) is 7.76. The maximum Gasteiger partial charge on any atom is 0.345 e. The first-order chi connectivity index (χ1) is 11.0. The zero-order valence-corrected chi connectivity index (χ0v) is 15.4. The fraction of sp³-hybridized carbons (Fsp3) is 0.500. The number of hydroxylamine groups is 2. The number of hydrogen-bond acceptors (Lipinski definition) is 6. The summed E-state index contributed by atoms with van der Waals surface area (Å²) in [4.78, 5) is 28.1. The van der Waals surface area contributed by atoms with Crippen molar-refractivity contribution in [2.24, 2.45) is 0 Å². The molecule has 24 heavy (non-hydrogen) atoms. The van der Waals surface area contributed by atoms with Crippen molar-refractivity contribution in [2.45, 2.75) is 0 Å². The van der Waals surface area contributed by atoms with Gasteiger partial charge in [0.05, 0.1) is 28.3 Å². The van der Waals surface area contributed by atoms with E-state index < -0.39 is 13.9 Å². The fourth-order valence-electron chi connectivity index (χ4n) is 1.47. The Balaban J connectivity index is 2.56. The molecule has 1 N–H and O–H groups in total. The van der Waals surface area contributed by atoms with Gasteiger partial charge in [-0.3, -0.25) is 9.40 Å². The number of urea groups is 1. The lowest BCUT2D eigenvalue weighted by molar-refractivity contribution is -0.870. The molecule has 1 aromatic carbocycles. The number of carbonyl (C=O) groups is 1. The van der Waals surface area contributed by atoms with Crippen LogP contribution in [0.25, 0.3) is 0 Å². The lowest BCUT2D eigenvalue weighted by atomic mass is 10.3. The second-order valence-electron chi connectivity index (χ2n) is 6.02. The number of nitrogens with zero attached hydrogens (tertiary/aromatic N) is 2. The number of nitrogens with one attached hydrogen (secondary N) is 1. The summed E-state index contributed by atoms with van der Waals surface area (Å²) in [6.07, 6.45) is 0. The number of phosphoric acid groups is 1. The number of phosphoric ester groups is 1. The van der Waals surface area contributed by atoms with E-state index in [1.807, 2.05) is 21.1 Å². The van der Waals surface area contributed by atoms with E-state index in [0.29, 0.717) is 16.7 Å². The molecule has 0 radical (unpaired) electrons. The Hall–Kier alpha value is -1.64. The van der Waals surface area contributed by atoms with Gasteiger partial charge in [-0.1, -0.05) is 0 Å². The van der Waals surface area contributed by atoms with Gasteiger partial charge in [-0.2, -0.15) is 0 Å². The van der Waals surface area contributed by atoms with E-state index in [0.717, 1.165) is 5.06 Å². The molecule has 1 aromatic rings. The Kier molecular flexibility index (Phi) is 7.19. The Labute approximate surface area is 141 Å². The van der Waals surface area contributed by atoms with Crippen LogP contribution in [0.3, 0.4) is 0 Å². The van der Waals surface area contributed by atoms with Crippen molar-refractivity contribution in [2.75, 3.05) is 53.8 Å². The van der Waals surface area contributed by atoms with Crippen LogP contribution in [0.1, 0.15) is 0 Å². The summed E-state index contributed by atoms with van der Waals surface area (Å²) < 4.78 is 22.0. The number of anilines is 1. The molecule has 0 heterocycles. The minimum Gasteiger partial charge on any atom is -0.746 e. The Morgan fingerprint density at radius 2 is 1.88 bits per heavy atom. The molecule has 0 aliphatic carbocycles. The maximum absolute atomic E-state index is 11.8. The number of amides is 2. The van der Waals surface area contributed by atoms with Gasteiger partial charge in [-0.15, -0.1) is 0 Å². The van der Waals surface area contributed by atoms with Crippen molar-refractivity contribution in [1.82, 2.24) is 5.06 Å². The number of carbonyl (C=O) groups excluding carboxylic acids is 1. The zero-order valence-electron chi connectivity index (χ0n) is 14.5. The maximum atomic E-state index is 11.8. The lowest BCUT2D eigenvalue weighted by Crippen LogP contribution is -2.37. The van der Waals surface area contributed by atoms with Crippen LogP contribution in [0.2, 0.25) is 0 Å². The molecule has 0 aliphatic rings. The molecular formula is C14H24N3O6P. The summed E-state index contributed by atoms with van der Waals surface area (Å²) in [5.74, 6) is 0.0941. The number of quaternary nitrogens is 1. The quantitative estimate of drug-likeness (QED) is 0.425. The van der Waals surface area contributed by atoms with Gasteiger partial charge < -0.3 is 23.7 Å². The van der Waals surface area contributed by atoms with E-state index in [1.165, 1.54) is 38.4 Å². The van der Waals surface area contributed by atoms with E-state index in [1.54, 1.807) is 0 Å². The molecule has 0 spiro atoms. The molecule has 0 bridgehead atoms. The highest BCUT2D eigenvalue weighted by molar-refractivity contribution is 7.46. The highest BCUT2D eigenvalue weighted by Gasteiger charge is 2.15. The SMILES string of the molecule is CON(C)C(=O)Nc1ccc(OP(=O)([O-])OCC[N+](C)(C)C)cc1. The van der Waals surface area contributed by atoms with Crippen molar-refractivity contribution in [3.05, 3.63) is 24.3 Å². The molecule has 0 saturated carbocycles. The minimum absolute atomic E-state index is 0.0295. The van der Waals surface area contributed by atoms with Gasteiger partial charge in [-0.25, -0.2) is 9.86 Å². The predicted molar refractivity (Wildman–Crippen MR) is 87.3 cm³/mol. The fourth-order valence-corrected chi connectivity index (χ4v) is 2.20. The largest absolute Gasteiger partial charge is 0.746 e. The second kappa shape index (κ2) is 8.46. The van der Waals surface area contributed by atoms with E-state index in [9.17, 15) is 14.3 Å². The highest BCUT2D eigenvalue weighted by Crippen LogP contribution is 2.39. The summed E-state index contributed by atoms with van der Waals surface area (Å²) in [7, 11) is 4.15. The van der Waals surface area contributed by atoms with Gasteiger partial charge >= 0.3 is 13.9 Å². The van der Waals surface area contributed by atoms with E-state index >= 15 is 0 Å². The van der Waals surface area contributed by atoms with E-state index in [-0.39, 0.29) is 12.4 Å². The molecule has 2 amide bonds. The molecule has 0 aromatic heterocycles. The first kappa shape index (κ1) is 20.4. The molecule has 10 heteroatoms. The van der Waals surface area contributed by atoms with Crippen LogP contribution >= 0.6 is 7.82 Å². The number of likely N-dealkylation sites (N-methyl/N-ethyl adjacent to an activating group) is 1. The summed E-state index contributed by atoms with van der Waals surface area (Å²) >= 11 is 0. The second-order valence-corrected chi connectivity index (χ2v) is 7.36. The van der Waals surface area contributed by atoms with Gasteiger partial charge in [0.2, 0.25) is 0 Å². The molecule has 1 unspecified atom stereocenters. The predicted octanol–water partition coefficient (Wildman–Crippen LogP) is 1.28. The van der Waals surface area contributed by atoms with Crippen molar-refractivity contribution in [1.29, 1.82) is 0 Å². The molecule has 0 saturated heterocycles. The number of hydrogen-bond donors (Lipinski definition) is 1. The smallest absolute Gasteiger partial charge is 0.345 e. The van der Waals surface area contributed by atoms with Gasteiger partial charge in [0.15, 0.2) is 0 Å². The van der Waals surface area contributed by atoms with Crippen LogP contribution in [-0.4, -0.2) is 64.0 Å². The van der Waals surface area contributed by atoms with E-state index in [2.05, 4.69) is 5.32 Å². The van der Waals surface area contributed by atoms with Crippen LogP contribution in [0.5, 0.6) is 5.75 Å². The monoisotopic (exact) mass is 361 g/mol. The first-order valence-corrected chi connectivity index (χ1v) is 8.63. The third-order valence-corrected chi connectivity index (χ3v) is 3.83. The molecule has 9 nitrogen and oxygen atoms in total. The topological polar surface area (TPSA) is 100 Å². The van der Waals surface area contributed by atoms with Crippen molar-refractivity contribution >= 4 is 19.5 Å². The lowest BCUT2D eigenvalue weighted by Gasteiger charge is -2.27. The van der Waals surface area contributed by atoms with Crippen molar-refractivity contribution in [3.63, 3.8) is 0 Å². The molecule has 136 valence electrons. The van der Waals surface area contributed by atoms with Crippen LogP contribution in [0.15, 0.2) is 24.3 Å². The van der Waals surface area contributed by atoms with E-state index in [4.69, 9.17) is 13.9 Å². The van der Waals surface area contributed by atoms with Crippen LogP contribution in [0, 0.1) is 0 Å². The normalized spacial score (nSPS) is 13.9. The number of benzene rings is 1. The van der Waals surface area contributed by atoms with Gasteiger partial charge in [0, 0.05) is 12.7 Å². The molecule has 1 rings (SSSR count). The Morgan fingerprint density at radius 3 is 2.38 bits per heavy atom. The third-order valence-electron chi connectivity index (χ3n) is 2.89. The van der Waals surface area contributed by atoms with Crippen molar-refractivity contribution < 1.29 is 32.6 Å². The molecular weight excluding hydrogens is 337 g/mol. The molecule has 1 atom stereocenters.